The maximum atomic E-state index is 10.9. The fourth-order valence-electron chi connectivity index (χ4n) is 0.755. The Kier molecular flexibility index (Phi) is 2.99. The molecule has 0 radical (unpaired) electrons. The molecule has 0 aliphatic heterocycles. The minimum absolute atomic E-state index is 0.0430. The summed E-state index contributed by atoms with van der Waals surface area (Å²) in [5, 5.41) is 12.1. The van der Waals surface area contributed by atoms with Crippen molar-refractivity contribution >= 4 is 5.97 Å². The molecule has 0 spiro atoms. The average molecular weight is 186 g/mol. The molecule has 72 valence electrons. The smallest absolute Gasteiger partial charge is 0.360 e. The normalized spacial score (nSPS) is 12.5. The molecule has 0 aromatic carbocycles. The van der Waals surface area contributed by atoms with Crippen molar-refractivity contribution in [2.45, 2.75) is 6.04 Å². The van der Waals surface area contributed by atoms with Gasteiger partial charge in [0, 0.05) is 6.07 Å². The minimum Gasteiger partial charge on any atom is -0.464 e. The Bertz CT molecular complexity index is 296. The van der Waals surface area contributed by atoms with Gasteiger partial charge in [0.05, 0.1) is 19.8 Å². The predicted octanol–water partition coefficient (Wildman–Crippen LogP) is -0.547. The lowest BCUT2D eigenvalue weighted by molar-refractivity contribution is 0.0589. The lowest BCUT2D eigenvalue weighted by atomic mass is 10.2. The highest BCUT2D eigenvalue weighted by atomic mass is 16.5. The zero-order chi connectivity index (χ0) is 9.84. The number of carbonyl (C=O) groups excluding carboxylic acids is 1. The molecule has 0 saturated carbocycles. The highest BCUT2D eigenvalue weighted by Crippen LogP contribution is 2.11. The molecule has 13 heavy (non-hydrogen) atoms. The number of nitrogens with two attached hydrogens (primary N) is 1. The van der Waals surface area contributed by atoms with E-state index >= 15 is 0 Å². The Labute approximate surface area is 74.3 Å². The molecular weight excluding hydrogens is 176 g/mol. The van der Waals surface area contributed by atoms with Gasteiger partial charge in [-0.1, -0.05) is 5.16 Å². The van der Waals surface area contributed by atoms with Crippen molar-refractivity contribution in [1.82, 2.24) is 5.16 Å². The van der Waals surface area contributed by atoms with Gasteiger partial charge in [-0.15, -0.1) is 0 Å². The van der Waals surface area contributed by atoms with Crippen molar-refractivity contribution in [2.24, 2.45) is 5.73 Å². The molecule has 6 nitrogen and oxygen atoms in total. The second-order valence-corrected chi connectivity index (χ2v) is 2.40. The SMILES string of the molecule is COC(=O)c1cc(C(N)CO)on1. The third-order valence-electron chi connectivity index (χ3n) is 1.49. The number of methoxy groups -OCH3 is 1. The summed E-state index contributed by atoms with van der Waals surface area (Å²) in [7, 11) is 1.24. The zero-order valence-electron chi connectivity index (χ0n) is 7.06. The molecule has 1 rings (SSSR count). The van der Waals surface area contributed by atoms with Crippen LogP contribution in [-0.2, 0) is 4.74 Å². The fourth-order valence-corrected chi connectivity index (χ4v) is 0.755. The van der Waals surface area contributed by atoms with Gasteiger partial charge in [-0.3, -0.25) is 0 Å². The molecule has 0 saturated heterocycles. The van der Waals surface area contributed by atoms with E-state index in [-0.39, 0.29) is 18.1 Å². The van der Waals surface area contributed by atoms with Gasteiger partial charge in [0.15, 0.2) is 11.5 Å². The second kappa shape index (κ2) is 4.01. The molecule has 6 heteroatoms. The Morgan fingerprint density at radius 1 is 1.92 bits per heavy atom. The van der Waals surface area contributed by atoms with Gasteiger partial charge >= 0.3 is 5.97 Å². The van der Waals surface area contributed by atoms with Gasteiger partial charge in [-0.2, -0.15) is 0 Å². The molecule has 3 N–H and O–H groups in total. The van der Waals surface area contributed by atoms with Crippen LogP contribution in [0.15, 0.2) is 10.6 Å². The average Bonchev–Trinajstić information content (AvgIpc) is 2.64. The van der Waals surface area contributed by atoms with Crippen molar-refractivity contribution in [3.05, 3.63) is 17.5 Å². The highest BCUT2D eigenvalue weighted by Gasteiger charge is 2.16. The van der Waals surface area contributed by atoms with E-state index in [4.69, 9.17) is 15.4 Å². The van der Waals surface area contributed by atoms with Crippen LogP contribution in [0, 0.1) is 0 Å². The fraction of sp³-hybridized carbons (Fsp3) is 0.429. The number of ether oxygens (including phenoxy) is 1. The van der Waals surface area contributed by atoms with E-state index in [1.165, 1.54) is 13.2 Å². The van der Waals surface area contributed by atoms with Crippen molar-refractivity contribution < 1.29 is 19.2 Å². The molecule has 1 aromatic rings. The van der Waals surface area contributed by atoms with Crippen molar-refractivity contribution in [2.75, 3.05) is 13.7 Å². The van der Waals surface area contributed by atoms with Crippen molar-refractivity contribution in [3.8, 4) is 0 Å². The van der Waals surface area contributed by atoms with E-state index in [1.807, 2.05) is 0 Å². The summed E-state index contributed by atoms with van der Waals surface area (Å²) in [5.74, 6) is -0.344. The first-order valence-electron chi connectivity index (χ1n) is 3.60. The van der Waals surface area contributed by atoms with E-state index in [1.54, 1.807) is 0 Å². The summed E-state index contributed by atoms with van der Waals surface area (Å²) in [5.41, 5.74) is 5.46. The third-order valence-corrected chi connectivity index (χ3v) is 1.49. The Balaban J connectivity index is 2.80. The van der Waals surface area contributed by atoms with Gasteiger partial charge in [0.2, 0.25) is 0 Å². The van der Waals surface area contributed by atoms with E-state index in [0.29, 0.717) is 0 Å². The topological polar surface area (TPSA) is 98.6 Å². The molecule has 1 unspecified atom stereocenters. The summed E-state index contributed by atoms with van der Waals surface area (Å²) >= 11 is 0. The van der Waals surface area contributed by atoms with Gasteiger partial charge < -0.3 is 20.1 Å². The van der Waals surface area contributed by atoms with Crippen LogP contribution in [0.25, 0.3) is 0 Å². The predicted molar refractivity (Wildman–Crippen MR) is 41.9 cm³/mol. The van der Waals surface area contributed by atoms with Crippen LogP contribution in [0.3, 0.4) is 0 Å². The molecule has 0 bridgehead atoms. The standard InChI is InChI=1S/C7H10N2O4/c1-12-7(11)5-2-6(13-9-5)4(8)3-10/h2,4,10H,3,8H2,1H3. The van der Waals surface area contributed by atoms with Crippen molar-refractivity contribution in [3.63, 3.8) is 0 Å². The summed E-state index contributed by atoms with van der Waals surface area (Å²) in [6.45, 7) is -0.268. The molecule has 0 aliphatic carbocycles. The van der Waals surface area contributed by atoms with E-state index < -0.39 is 12.0 Å². The third kappa shape index (κ3) is 2.04. The number of aliphatic hydroxyl groups is 1. The number of hydrogen-bond acceptors (Lipinski definition) is 6. The Hall–Kier alpha value is -1.40. The first kappa shape index (κ1) is 9.69. The van der Waals surface area contributed by atoms with Crippen LogP contribution in [0.5, 0.6) is 0 Å². The molecule has 0 fully saturated rings. The quantitative estimate of drug-likeness (QED) is 0.615. The lowest BCUT2D eigenvalue weighted by Crippen LogP contribution is -2.13. The lowest BCUT2D eigenvalue weighted by Gasteiger charge is -1.99. The number of carbonyl (C=O) groups is 1. The molecular formula is C7H10N2O4. The number of rotatable bonds is 3. The number of aliphatic hydroxyl groups excluding tert-OH is 1. The Morgan fingerprint density at radius 2 is 2.62 bits per heavy atom. The summed E-state index contributed by atoms with van der Waals surface area (Å²) < 4.78 is 9.10. The van der Waals surface area contributed by atoms with Gasteiger partial charge in [0.25, 0.3) is 0 Å². The molecule has 0 amide bonds. The molecule has 1 heterocycles. The number of esters is 1. The number of hydrogen-bond donors (Lipinski definition) is 2. The van der Waals surface area contributed by atoms with Crippen LogP contribution < -0.4 is 5.73 Å². The van der Waals surface area contributed by atoms with Crippen LogP contribution in [0.4, 0.5) is 0 Å². The summed E-state index contributed by atoms with van der Waals surface area (Å²) in [6, 6.07) is 0.679. The summed E-state index contributed by atoms with van der Waals surface area (Å²) in [6.07, 6.45) is 0. The first-order chi connectivity index (χ1) is 6.19. The summed E-state index contributed by atoms with van der Waals surface area (Å²) in [4.78, 5) is 10.9. The maximum absolute atomic E-state index is 10.9. The van der Waals surface area contributed by atoms with Gasteiger partial charge in [-0.25, -0.2) is 4.79 Å². The molecule has 0 aliphatic rings. The monoisotopic (exact) mass is 186 g/mol. The van der Waals surface area contributed by atoms with E-state index in [9.17, 15) is 4.79 Å². The largest absolute Gasteiger partial charge is 0.464 e. The van der Waals surface area contributed by atoms with E-state index in [2.05, 4.69) is 9.89 Å². The van der Waals surface area contributed by atoms with Crippen LogP contribution in [-0.4, -0.2) is 29.9 Å². The van der Waals surface area contributed by atoms with E-state index in [0.717, 1.165) is 0 Å². The highest BCUT2D eigenvalue weighted by molar-refractivity contribution is 5.86. The van der Waals surface area contributed by atoms with Gasteiger partial charge in [0.1, 0.15) is 0 Å². The minimum atomic E-state index is -0.661. The maximum Gasteiger partial charge on any atom is 0.360 e. The van der Waals surface area contributed by atoms with Crippen LogP contribution >= 0.6 is 0 Å². The molecule has 1 aromatic heterocycles. The zero-order valence-corrected chi connectivity index (χ0v) is 7.06. The second-order valence-electron chi connectivity index (χ2n) is 2.40. The Morgan fingerprint density at radius 3 is 3.15 bits per heavy atom. The number of aromatic nitrogens is 1. The van der Waals surface area contributed by atoms with Gasteiger partial charge in [-0.05, 0) is 0 Å². The first-order valence-corrected chi connectivity index (χ1v) is 3.60. The van der Waals surface area contributed by atoms with Crippen molar-refractivity contribution in [1.29, 1.82) is 0 Å². The van der Waals surface area contributed by atoms with Crippen LogP contribution in [0.2, 0.25) is 0 Å². The number of nitrogens with zero attached hydrogens (tertiary/aromatic N) is 1. The molecule has 1 atom stereocenters. The van der Waals surface area contributed by atoms with Crippen LogP contribution in [0.1, 0.15) is 22.3 Å².